The summed E-state index contributed by atoms with van der Waals surface area (Å²) >= 11 is 3.52. The van der Waals surface area contributed by atoms with Crippen LogP contribution in [0.1, 0.15) is 137 Å². The van der Waals surface area contributed by atoms with E-state index < -0.39 is 7.75 Å². The Kier molecular flexibility index (Phi) is 20.3. The van der Waals surface area contributed by atoms with Gasteiger partial charge in [0, 0.05) is 29.7 Å². The average Bonchev–Trinajstić information content (AvgIpc) is 3.10. The van der Waals surface area contributed by atoms with Gasteiger partial charge in [-0.2, -0.15) is 5.26 Å². The monoisotopic (exact) mass is 775 g/mol. The number of unbranched alkanes of at least 4 members (excludes halogenated alkanes) is 5. The van der Waals surface area contributed by atoms with Gasteiger partial charge in [-0.3, -0.25) is 4.67 Å². The molecule has 2 aromatic carbocycles. The van der Waals surface area contributed by atoms with Gasteiger partial charge in [0.2, 0.25) is 0 Å². The number of hydrogen-bond donors (Lipinski definition) is 2. The third-order valence-corrected chi connectivity index (χ3v) is 11.3. The highest BCUT2D eigenvalue weighted by molar-refractivity contribution is 9.10. The highest BCUT2D eigenvalue weighted by atomic mass is 79.9. The van der Waals surface area contributed by atoms with Crippen molar-refractivity contribution >= 4 is 46.4 Å². The Labute approximate surface area is 311 Å². The van der Waals surface area contributed by atoms with Crippen LogP contribution in [-0.2, 0) is 11.0 Å². The number of benzene rings is 2. The minimum atomic E-state index is -4.74. The first-order chi connectivity index (χ1) is 24.0. The summed E-state index contributed by atoms with van der Waals surface area (Å²) in [5.74, 6) is 1.61. The highest BCUT2D eigenvalue weighted by Gasteiger charge is 2.32. The van der Waals surface area contributed by atoms with Gasteiger partial charge < -0.3 is 19.4 Å². The summed E-state index contributed by atoms with van der Waals surface area (Å²) in [6.45, 7) is 17.2. The molecule has 2 atom stereocenters. The zero-order chi connectivity index (χ0) is 37.1. The van der Waals surface area contributed by atoms with E-state index in [0.717, 1.165) is 105 Å². The lowest BCUT2D eigenvalue weighted by molar-refractivity contribution is 0.232. The number of halogens is 1. The SMILES string of the molecule is CCCCCCN(CC(CC)CCCC)c1cc(N(CC)P(=O)(O)O)c(N=Nc2ccc(C#N)cc2Br)c(CC)c1OCC(CC)CCCC. The Morgan fingerprint density at radius 1 is 0.880 bits per heavy atom. The van der Waals surface area contributed by atoms with Crippen LogP contribution in [0.2, 0.25) is 0 Å². The first-order valence-corrected chi connectivity index (χ1v) is 21.4. The lowest BCUT2D eigenvalue weighted by Crippen LogP contribution is -2.32. The topological polar surface area (TPSA) is 122 Å². The molecule has 0 aliphatic heterocycles. The molecule has 0 aliphatic carbocycles. The summed E-state index contributed by atoms with van der Waals surface area (Å²) in [7, 11) is -4.74. The summed E-state index contributed by atoms with van der Waals surface area (Å²) in [5, 5.41) is 18.7. The number of azo groups is 1. The average molecular weight is 777 g/mol. The second-order valence-electron chi connectivity index (χ2n) is 13.3. The largest absolute Gasteiger partial charge is 0.491 e. The smallest absolute Gasteiger partial charge is 0.430 e. The van der Waals surface area contributed by atoms with Crippen LogP contribution in [0, 0.1) is 23.2 Å². The molecule has 0 aliphatic rings. The van der Waals surface area contributed by atoms with Crippen molar-refractivity contribution in [2.45, 2.75) is 132 Å². The van der Waals surface area contributed by atoms with Crippen LogP contribution in [0.3, 0.4) is 0 Å². The molecule has 2 N–H and O–H groups in total. The summed E-state index contributed by atoms with van der Waals surface area (Å²) < 4.78 is 21.7. The fourth-order valence-electron chi connectivity index (χ4n) is 6.34. The summed E-state index contributed by atoms with van der Waals surface area (Å²) in [6.07, 6.45) is 13.8. The van der Waals surface area contributed by atoms with Gasteiger partial charge in [0.15, 0.2) is 0 Å². The van der Waals surface area contributed by atoms with E-state index in [9.17, 15) is 19.6 Å². The van der Waals surface area contributed by atoms with Crippen LogP contribution in [-0.4, -0.2) is 36.0 Å². The highest BCUT2D eigenvalue weighted by Crippen LogP contribution is 2.53. The zero-order valence-electron chi connectivity index (χ0n) is 31.8. The first kappa shape index (κ1) is 43.7. The number of rotatable bonds is 25. The normalized spacial score (nSPS) is 13.0. The molecule has 2 aromatic rings. The number of ether oxygens (including phenoxy) is 1. The lowest BCUT2D eigenvalue weighted by Gasteiger charge is -2.34. The molecule has 0 saturated carbocycles. The van der Waals surface area contributed by atoms with Crippen molar-refractivity contribution in [1.29, 1.82) is 5.26 Å². The van der Waals surface area contributed by atoms with E-state index in [1.807, 2.05) is 13.0 Å². The van der Waals surface area contributed by atoms with Crippen LogP contribution in [0.4, 0.5) is 22.7 Å². The van der Waals surface area contributed by atoms with Gasteiger partial charge in [-0.05, 0) is 84.6 Å². The van der Waals surface area contributed by atoms with Crippen LogP contribution < -0.4 is 14.3 Å². The van der Waals surface area contributed by atoms with Gasteiger partial charge in [0.25, 0.3) is 0 Å². The fraction of sp³-hybridized carbons (Fsp3) is 0.667. The van der Waals surface area contributed by atoms with Crippen molar-refractivity contribution in [1.82, 2.24) is 0 Å². The number of nitrogens with zero attached hydrogens (tertiary/aromatic N) is 5. The van der Waals surface area contributed by atoms with Crippen molar-refractivity contribution < 1.29 is 19.1 Å². The van der Waals surface area contributed by atoms with E-state index in [1.165, 1.54) is 6.42 Å². The summed E-state index contributed by atoms with van der Waals surface area (Å²) in [5.41, 5.74) is 3.38. The molecule has 0 bridgehead atoms. The third-order valence-electron chi connectivity index (χ3n) is 9.54. The maximum Gasteiger partial charge on any atom is 0.430 e. The zero-order valence-corrected chi connectivity index (χ0v) is 34.2. The molecule has 0 heterocycles. The third kappa shape index (κ3) is 13.3. The van der Waals surface area contributed by atoms with Crippen LogP contribution >= 0.6 is 23.7 Å². The molecule has 280 valence electrons. The van der Waals surface area contributed by atoms with Crippen LogP contribution in [0.5, 0.6) is 5.75 Å². The summed E-state index contributed by atoms with van der Waals surface area (Å²) in [4.78, 5) is 23.7. The van der Waals surface area contributed by atoms with E-state index in [0.29, 0.717) is 52.0 Å². The molecular formula is C39H63BrN5O4P. The van der Waals surface area contributed by atoms with E-state index in [-0.39, 0.29) is 6.54 Å². The minimum absolute atomic E-state index is 0.0790. The standard InChI is InChI=1S/C39H63BrN5O4P/c1-8-15-18-19-24-44(28-30(11-4)20-16-9-2)37-26-36(45(14-7)50(46,47)48)38(43-42-35-23-22-32(27-41)25-34(35)40)33(13-6)39(37)49-29-31(12-5)21-17-10-3/h22-23,25-26,30-31H,8-21,24,28-29H2,1-7H3,(H2,46,47,48). The van der Waals surface area contributed by atoms with E-state index in [2.05, 4.69) is 66.6 Å². The van der Waals surface area contributed by atoms with Gasteiger partial charge in [-0.25, -0.2) is 4.57 Å². The van der Waals surface area contributed by atoms with Gasteiger partial charge in [0.05, 0.1) is 35.3 Å². The first-order valence-electron chi connectivity index (χ1n) is 19.0. The molecule has 2 rings (SSSR count). The molecule has 9 nitrogen and oxygen atoms in total. The molecule has 50 heavy (non-hydrogen) atoms. The van der Waals surface area contributed by atoms with Crippen LogP contribution in [0.15, 0.2) is 39.0 Å². The molecule has 11 heteroatoms. The predicted octanol–water partition coefficient (Wildman–Crippen LogP) is 12.4. The maximum atomic E-state index is 13.1. The van der Waals surface area contributed by atoms with Crippen molar-refractivity contribution in [3.05, 3.63) is 39.9 Å². The van der Waals surface area contributed by atoms with Gasteiger partial charge >= 0.3 is 7.75 Å². The van der Waals surface area contributed by atoms with Gasteiger partial charge in [-0.1, -0.05) is 99.3 Å². The van der Waals surface area contributed by atoms with E-state index in [4.69, 9.17) is 9.85 Å². The molecule has 0 aromatic heterocycles. The summed E-state index contributed by atoms with van der Waals surface area (Å²) in [6, 6.07) is 9.10. The Morgan fingerprint density at radius 3 is 2.08 bits per heavy atom. The molecular weight excluding hydrogens is 713 g/mol. The minimum Gasteiger partial charge on any atom is -0.491 e. The number of hydrogen-bond acceptors (Lipinski definition) is 6. The molecule has 0 radical (unpaired) electrons. The van der Waals surface area contributed by atoms with Crippen molar-refractivity contribution in [3.63, 3.8) is 0 Å². The van der Waals surface area contributed by atoms with E-state index >= 15 is 0 Å². The van der Waals surface area contributed by atoms with Crippen LogP contribution in [0.25, 0.3) is 0 Å². The van der Waals surface area contributed by atoms with Gasteiger partial charge in [0.1, 0.15) is 11.4 Å². The number of anilines is 2. The van der Waals surface area contributed by atoms with Crippen molar-refractivity contribution in [3.8, 4) is 11.8 Å². The van der Waals surface area contributed by atoms with Crippen molar-refractivity contribution in [2.24, 2.45) is 22.1 Å². The Balaban J connectivity index is 2.97. The quantitative estimate of drug-likeness (QED) is 0.0585. The molecule has 2 unspecified atom stereocenters. The Bertz CT molecular complexity index is 1430. The Morgan fingerprint density at radius 2 is 1.54 bits per heavy atom. The second-order valence-corrected chi connectivity index (χ2v) is 15.6. The predicted molar refractivity (Wildman–Crippen MR) is 212 cm³/mol. The molecule has 0 fully saturated rings. The molecule has 0 saturated heterocycles. The lowest BCUT2D eigenvalue weighted by atomic mass is 9.97. The maximum absolute atomic E-state index is 13.1. The molecule has 0 amide bonds. The van der Waals surface area contributed by atoms with E-state index in [1.54, 1.807) is 25.1 Å². The van der Waals surface area contributed by atoms with Crippen molar-refractivity contribution in [2.75, 3.05) is 35.8 Å². The Hall–Kier alpha value is -2.44. The fourth-order valence-corrected chi connectivity index (χ4v) is 7.60. The van der Waals surface area contributed by atoms with Gasteiger partial charge in [-0.15, -0.1) is 10.2 Å². The second kappa shape index (κ2) is 23.2. The number of nitriles is 1. The molecule has 0 spiro atoms.